The van der Waals surface area contributed by atoms with E-state index in [-0.39, 0.29) is 18.1 Å². The van der Waals surface area contributed by atoms with E-state index >= 15 is 0 Å². The van der Waals surface area contributed by atoms with Crippen LogP contribution in [-0.4, -0.2) is 62.9 Å². The number of hydrogen-bond acceptors (Lipinski definition) is 5. The molecule has 0 amide bonds. The first kappa shape index (κ1) is 12.8. The number of ether oxygens (including phenoxy) is 2. The van der Waals surface area contributed by atoms with Crippen LogP contribution in [0.3, 0.4) is 0 Å². The van der Waals surface area contributed by atoms with Crippen LogP contribution < -0.4 is 5.32 Å². The van der Waals surface area contributed by atoms with Crippen LogP contribution in [0.5, 0.6) is 0 Å². The molecule has 98 valence electrons. The van der Waals surface area contributed by atoms with Gasteiger partial charge in [-0.05, 0) is 25.8 Å². The number of carbonyl (C=O) groups excluding carboxylic acids is 1. The smallest absolute Gasteiger partial charge is 0.325 e. The van der Waals surface area contributed by atoms with Gasteiger partial charge in [-0.25, -0.2) is 0 Å². The van der Waals surface area contributed by atoms with Gasteiger partial charge in [0.05, 0.1) is 13.2 Å². The summed E-state index contributed by atoms with van der Waals surface area (Å²) < 4.78 is 10.6. The van der Waals surface area contributed by atoms with E-state index in [1.807, 2.05) is 0 Å². The fourth-order valence-corrected chi connectivity index (χ4v) is 2.65. The highest BCUT2D eigenvalue weighted by atomic mass is 16.5. The molecule has 2 unspecified atom stereocenters. The maximum atomic E-state index is 11.9. The van der Waals surface area contributed by atoms with Gasteiger partial charge in [-0.2, -0.15) is 0 Å². The van der Waals surface area contributed by atoms with Crippen LogP contribution in [0.4, 0.5) is 0 Å². The largest absolute Gasteiger partial charge is 0.468 e. The van der Waals surface area contributed by atoms with Crippen LogP contribution in [-0.2, 0) is 14.3 Å². The molecule has 5 nitrogen and oxygen atoms in total. The monoisotopic (exact) mass is 242 g/mol. The maximum absolute atomic E-state index is 11.9. The Bertz CT molecular complexity index is 246. The molecule has 0 aromatic carbocycles. The molecule has 0 radical (unpaired) electrons. The molecular weight excluding hydrogens is 220 g/mol. The lowest BCUT2D eigenvalue weighted by Gasteiger charge is -2.31. The predicted octanol–water partition coefficient (Wildman–Crippen LogP) is 0.00230. The van der Waals surface area contributed by atoms with Gasteiger partial charge in [-0.15, -0.1) is 0 Å². The molecule has 0 saturated carbocycles. The highest BCUT2D eigenvalue weighted by Crippen LogP contribution is 2.21. The summed E-state index contributed by atoms with van der Waals surface area (Å²) in [4.78, 5) is 14.2. The lowest BCUT2D eigenvalue weighted by atomic mass is 10.1. The third-order valence-electron chi connectivity index (χ3n) is 3.53. The minimum Gasteiger partial charge on any atom is -0.468 e. The zero-order valence-corrected chi connectivity index (χ0v) is 10.5. The standard InChI is InChI=1S/C12H22N2O3/c1-16-12(15)11(10-4-2-9-17-10)14-7-3-5-13-6-8-14/h10-11,13H,2-9H2,1H3. The van der Waals surface area contributed by atoms with E-state index in [1.54, 1.807) is 0 Å². The first-order valence-corrected chi connectivity index (χ1v) is 6.47. The van der Waals surface area contributed by atoms with Gasteiger partial charge in [0.1, 0.15) is 6.04 Å². The summed E-state index contributed by atoms with van der Waals surface area (Å²) >= 11 is 0. The van der Waals surface area contributed by atoms with Crippen LogP contribution in [0.15, 0.2) is 0 Å². The first-order chi connectivity index (χ1) is 8.33. The number of methoxy groups -OCH3 is 1. The van der Waals surface area contributed by atoms with Crippen LogP contribution in [0.2, 0.25) is 0 Å². The normalized spacial score (nSPS) is 28.6. The second kappa shape index (κ2) is 6.33. The van der Waals surface area contributed by atoms with Crippen molar-refractivity contribution in [2.24, 2.45) is 0 Å². The van der Waals surface area contributed by atoms with Gasteiger partial charge < -0.3 is 14.8 Å². The molecule has 2 saturated heterocycles. The Morgan fingerprint density at radius 3 is 3.00 bits per heavy atom. The minimum absolute atomic E-state index is 0.0144. The molecule has 0 bridgehead atoms. The molecule has 0 aliphatic carbocycles. The van der Waals surface area contributed by atoms with Gasteiger partial charge in [-0.3, -0.25) is 9.69 Å². The average molecular weight is 242 g/mol. The fraction of sp³-hybridized carbons (Fsp3) is 0.917. The van der Waals surface area contributed by atoms with E-state index in [9.17, 15) is 4.79 Å². The third-order valence-corrected chi connectivity index (χ3v) is 3.53. The van der Waals surface area contributed by atoms with Crippen molar-refractivity contribution in [2.45, 2.75) is 31.4 Å². The zero-order chi connectivity index (χ0) is 12.1. The minimum atomic E-state index is -0.220. The Labute approximate surface area is 102 Å². The van der Waals surface area contributed by atoms with E-state index in [0.29, 0.717) is 0 Å². The molecule has 0 aromatic rings. The molecule has 2 aliphatic heterocycles. The molecular formula is C12H22N2O3. The van der Waals surface area contributed by atoms with Gasteiger partial charge in [0, 0.05) is 26.2 Å². The maximum Gasteiger partial charge on any atom is 0.325 e. The molecule has 0 aromatic heterocycles. The van der Waals surface area contributed by atoms with Gasteiger partial charge in [0.2, 0.25) is 0 Å². The second-order valence-corrected chi connectivity index (χ2v) is 4.66. The predicted molar refractivity (Wildman–Crippen MR) is 63.8 cm³/mol. The van der Waals surface area contributed by atoms with Crippen molar-refractivity contribution in [3.8, 4) is 0 Å². The van der Waals surface area contributed by atoms with E-state index in [0.717, 1.165) is 52.0 Å². The summed E-state index contributed by atoms with van der Waals surface area (Å²) in [6.07, 6.45) is 3.09. The van der Waals surface area contributed by atoms with Crippen molar-refractivity contribution in [1.82, 2.24) is 10.2 Å². The van der Waals surface area contributed by atoms with Gasteiger partial charge in [-0.1, -0.05) is 0 Å². The van der Waals surface area contributed by atoms with Gasteiger partial charge >= 0.3 is 5.97 Å². The Balaban J connectivity index is 2.04. The summed E-state index contributed by atoms with van der Waals surface area (Å²) in [6, 6.07) is -0.220. The SMILES string of the molecule is COC(=O)C(C1CCCO1)N1CCCNCC1. The lowest BCUT2D eigenvalue weighted by molar-refractivity contribution is -0.152. The van der Waals surface area contributed by atoms with Crippen molar-refractivity contribution in [3.05, 3.63) is 0 Å². The van der Waals surface area contributed by atoms with Gasteiger partial charge in [0.25, 0.3) is 0 Å². The van der Waals surface area contributed by atoms with Crippen LogP contribution >= 0.6 is 0 Å². The number of nitrogens with zero attached hydrogens (tertiary/aromatic N) is 1. The van der Waals surface area contributed by atoms with Crippen molar-refractivity contribution >= 4 is 5.97 Å². The highest BCUT2D eigenvalue weighted by molar-refractivity contribution is 5.76. The Hall–Kier alpha value is -0.650. The number of hydrogen-bond donors (Lipinski definition) is 1. The molecule has 0 spiro atoms. The summed E-state index contributed by atoms with van der Waals surface area (Å²) in [5.74, 6) is -0.154. The van der Waals surface area contributed by atoms with Crippen molar-refractivity contribution in [3.63, 3.8) is 0 Å². The van der Waals surface area contributed by atoms with Crippen LogP contribution in [0, 0.1) is 0 Å². The molecule has 2 heterocycles. The molecule has 2 fully saturated rings. The second-order valence-electron chi connectivity index (χ2n) is 4.66. The molecule has 5 heteroatoms. The lowest BCUT2D eigenvalue weighted by Crippen LogP contribution is -2.50. The molecule has 1 N–H and O–H groups in total. The Kier molecular flexibility index (Phi) is 4.76. The highest BCUT2D eigenvalue weighted by Gasteiger charge is 2.37. The van der Waals surface area contributed by atoms with Crippen molar-refractivity contribution < 1.29 is 14.3 Å². The Morgan fingerprint density at radius 1 is 1.41 bits per heavy atom. The van der Waals surface area contributed by atoms with E-state index in [2.05, 4.69) is 10.2 Å². The van der Waals surface area contributed by atoms with Crippen molar-refractivity contribution in [2.75, 3.05) is 39.9 Å². The van der Waals surface area contributed by atoms with Crippen molar-refractivity contribution in [1.29, 1.82) is 0 Å². The Morgan fingerprint density at radius 2 is 2.29 bits per heavy atom. The number of nitrogens with one attached hydrogen (secondary N) is 1. The average Bonchev–Trinajstić information content (AvgIpc) is 2.73. The van der Waals surface area contributed by atoms with E-state index in [1.165, 1.54) is 7.11 Å². The summed E-state index contributed by atoms with van der Waals surface area (Å²) in [5.41, 5.74) is 0. The first-order valence-electron chi connectivity index (χ1n) is 6.47. The van der Waals surface area contributed by atoms with Crippen LogP contribution in [0.1, 0.15) is 19.3 Å². The zero-order valence-electron chi connectivity index (χ0n) is 10.5. The van der Waals surface area contributed by atoms with Gasteiger partial charge in [0.15, 0.2) is 0 Å². The third kappa shape index (κ3) is 3.18. The molecule has 2 aliphatic rings. The number of carbonyl (C=O) groups is 1. The summed E-state index contributed by atoms with van der Waals surface area (Å²) in [5, 5.41) is 3.35. The quantitative estimate of drug-likeness (QED) is 0.706. The molecule has 2 atom stereocenters. The fourth-order valence-electron chi connectivity index (χ4n) is 2.65. The van der Waals surface area contributed by atoms with E-state index in [4.69, 9.17) is 9.47 Å². The van der Waals surface area contributed by atoms with E-state index < -0.39 is 0 Å². The topological polar surface area (TPSA) is 50.8 Å². The number of esters is 1. The summed E-state index contributed by atoms with van der Waals surface area (Å²) in [7, 11) is 1.46. The van der Waals surface area contributed by atoms with Crippen LogP contribution in [0.25, 0.3) is 0 Å². The molecule has 17 heavy (non-hydrogen) atoms. The summed E-state index contributed by atoms with van der Waals surface area (Å²) in [6.45, 7) is 4.55. The molecule has 2 rings (SSSR count). The number of rotatable bonds is 3.